The van der Waals surface area contributed by atoms with Crippen molar-refractivity contribution < 1.29 is 18.0 Å². The van der Waals surface area contributed by atoms with Crippen molar-refractivity contribution in [1.29, 1.82) is 0 Å². The molecule has 0 spiro atoms. The number of aryl methyl sites for hydroxylation is 1. The number of nitrogens with one attached hydrogen (secondary N) is 2. The average molecular weight is 436 g/mol. The second kappa shape index (κ2) is 8.39. The lowest BCUT2D eigenvalue weighted by molar-refractivity contribution is -0.120. The van der Waals surface area contributed by atoms with Crippen LogP contribution in [-0.2, 0) is 21.4 Å². The third kappa shape index (κ3) is 4.69. The third-order valence-corrected chi connectivity index (χ3v) is 7.97. The predicted octanol–water partition coefficient (Wildman–Crippen LogP) is 0.926. The number of aromatic amines is 1. The molecular weight excluding hydrogens is 414 g/mol. The van der Waals surface area contributed by atoms with Crippen LogP contribution >= 0.6 is 11.8 Å². The number of nitrogens with two attached hydrogens (primary N) is 1. The van der Waals surface area contributed by atoms with Crippen molar-refractivity contribution in [3.05, 3.63) is 63.7 Å². The van der Waals surface area contributed by atoms with Gasteiger partial charge in [-0.25, -0.2) is 8.42 Å². The van der Waals surface area contributed by atoms with Gasteiger partial charge in [0.1, 0.15) is 9.93 Å². The molecule has 2 aromatic rings. The van der Waals surface area contributed by atoms with Gasteiger partial charge in [-0.2, -0.15) is 9.40 Å². The molecule has 1 aromatic carbocycles. The zero-order valence-electron chi connectivity index (χ0n) is 15.8. The van der Waals surface area contributed by atoms with Crippen LogP contribution in [0.1, 0.15) is 21.6 Å². The highest BCUT2D eigenvalue weighted by Gasteiger charge is 2.40. The summed E-state index contributed by atoms with van der Waals surface area (Å²) < 4.78 is 27.2. The molecule has 2 atom stereocenters. The van der Waals surface area contributed by atoms with E-state index in [2.05, 4.69) is 15.5 Å². The summed E-state index contributed by atoms with van der Waals surface area (Å²) in [5.74, 6) is -2.19. The van der Waals surface area contributed by atoms with Crippen molar-refractivity contribution in [1.82, 2.24) is 19.8 Å². The second-order valence-electron chi connectivity index (χ2n) is 6.64. The number of carbonyl (C=O) groups excluding carboxylic acids is 2. The van der Waals surface area contributed by atoms with Gasteiger partial charge in [-0.15, -0.1) is 0 Å². The number of carbonyl (C=O) groups is 2. The Balaban J connectivity index is 1.76. The first-order valence-corrected chi connectivity index (χ1v) is 11.0. The van der Waals surface area contributed by atoms with Crippen LogP contribution < -0.4 is 11.1 Å². The Morgan fingerprint density at radius 2 is 1.97 bits per heavy atom. The highest BCUT2D eigenvalue weighted by molar-refractivity contribution is 8.18. The number of rotatable bonds is 7. The molecule has 0 saturated carbocycles. The van der Waals surface area contributed by atoms with Crippen LogP contribution in [0.4, 0.5) is 0 Å². The van der Waals surface area contributed by atoms with Gasteiger partial charge in [-0.3, -0.25) is 14.7 Å². The predicted molar refractivity (Wildman–Crippen MR) is 110 cm³/mol. The summed E-state index contributed by atoms with van der Waals surface area (Å²) in [6.07, 6.45) is 2.71. The minimum absolute atomic E-state index is 0.0224. The molecule has 1 aliphatic rings. The van der Waals surface area contributed by atoms with E-state index in [-0.39, 0.29) is 16.5 Å². The van der Waals surface area contributed by atoms with E-state index in [4.69, 9.17) is 5.73 Å². The number of primary amides is 1. The highest BCUT2D eigenvalue weighted by Crippen LogP contribution is 2.39. The first-order valence-electron chi connectivity index (χ1n) is 8.68. The summed E-state index contributed by atoms with van der Waals surface area (Å²) in [7, 11) is -2.39. The third-order valence-electron chi connectivity index (χ3n) is 4.42. The Bertz CT molecular complexity index is 1030. The van der Waals surface area contributed by atoms with E-state index in [9.17, 15) is 18.0 Å². The molecule has 29 heavy (non-hydrogen) atoms. The lowest BCUT2D eigenvalue weighted by Crippen LogP contribution is -2.41. The number of sulfonamides is 1. The molecule has 1 aliphatic heterocycles. The average Bonchev–Trinajstić information content (AvgIpc) is 3.33. The number of H-pyrrole nitrogens is 1. The fourth-order valence-electron chi connectivity index (χ4n) is 2.75. The Morgan fingerprint density at radius 1 is 1.28 bits per heavy atom. The minimum atomic E-state index is -3.86. The topological polar surface area (TPSA) is 138 Å². The second-order valence-corrected chi connectivity index (χ2v) is 10.1. The summed E-state index contributed by atoms with van der Waals surface area (Å²) >= 11 is 0.885. The maximum Gasteiger partial charge on any atom is 0.270 e. The van der Waals surface area contributed by atoms with Gasteiger partial charge in [0.2, 0.25) is 15.9 Å². The maximum absolute atomic E-state index is 13.0. The van der Waals surface area contributed by atoms with Gasteiger partial charge >= 0.3 is 0 Å². The summed E-state index contributed by atoms with van der Waals surface area (Å²) in [5, 5.41) is 8.00. The van der Waals surface area contributed by atoms with Crippen molar-refractivity contribution in [2.75, 3.05) is 7.05 Å². The molecule has 0 saturated heterocycles. The van der Waals surface area contributed by atoms with Crippen LogP contribution in [0.2, 0.25) is 0 Å². The Labute approximate surface area is 172 Å². The monoisotopic (exact) mass is 435 g/mol. The number of hydrogen-bond acceptors (Lipinski definition) is 6. The van der Waals surface area contributed by atoms with Gasteiger partial charge in [-0.05, 0) is 24.6 Å². The molecule has 2 amide bonds. The van der Waals surface area contributed by atoms with E-state index in [1.807, 2.05) is 31.2 Å². The molecule has 2 unspecified atom stereocenters. The smallest absolute Gasteiger partial charge is 0.270 e. The van der Waals surface area contributed by atoms with Crippen molar-refractivity contribution in [2.45, 2.75) is 18.8 Å². The molecule has 9 nitrogen and oxygen atoms in total. The molecular formula is C18H21N5O4S2. The van der Waals surface area contributed by atoms with Gasteiger partial charge in [0.05, 0.1) is 11.3 Å². The first kappa shape index (κ1) is 21.1. The summed E-state index contributed by atoms with van der Waals surface area (Å²) in [5.41, 5.74) is 7.53. The normalized spacial score (nSPS) is 19.2. The fourth-order valence-corrected chi connectivity index (χ4v) is 5.87. The van der Waals surface area contributed by atoms with Gasteiger partial charge < -0.3 is 11.1 Å². The van der Waals surface area contributed by atoms with Crippen LogP contribution in [0, 0.1) is 12.8 Å². The molecule has 0 aliphatic carbocycles. The maximum atomic E-state index is 13.0. The van der Waals surface area contributed by atoms with E-state index in [0.29, 0.717) is 0 Å². The van der Waals surface area contributed by atoms with Gasteiger partial charge in [0.25, 0.3) is 5.91 Å². The van der Waals surface area contributed by atoms with Crippen molar-refractivity contribution >= 4 is 33.6 Å². The molecule has 2 heterocycles. The van der Waals surface area contributed by atoms with Crippen LogP contribution in [-0.4, -0.2) is 47.2 Å². The molecule has 0 fully saturated rings. The largest absolute Gasteiger partial charge is 0.369 e. The molecule has 4 N–H and O–H groups in total. The van der Waals surface area contributed by atoms with Crippen LogP contribution in [0.3, 0.4) is 0 Å². The van der Waals surface area contributed by atoms with Crippen molar-refractivity contribution in [2.24, 2.45) is 11.7 Å². The number of thioether (sulfide) groups is 1. The van der Waals surface area contributed by atoms with Gasteiger partial charge in [0.15, 0.2) is 0 Å². The summed E-state index contributed by atoms with van der Waals surface area (Å²) in [6, 6.07) is 9.00. The summed E-state index contributed by atoms with van der Waals surface area (Å²) in [4.78, 5) is 24.1. The SMILES string of the molecule is Cc1ccc(CN(C)S(=O)(=O)C2=CC(C(N)=O)C(NC(=O)c3ccn[nH]3)S2)cc1. The number of nitrogens with zero attached hydrogens (tertiary/aromatic N) is 2. The number of amides is 2. The molecule has 0 radical (unpaired) electrons. The van der Waals surface area contributed by atoms with E-state index < -0.39 is 33.1 Å². The van der Waals surface area contributed by atoms with E-state index >= 15 is 0 Å². The van der Waals surface area contributed by atoms with Crippen LogP contribution in [0.25, 0.3) is 0 Å². The van der Waals surface area contributed by atoms with Gasteiger partial charge in [0, 0.05) is 19.8 Å². The quantitative estimate of drug-likeness (QED) is 0.591. The zero-order chi connectivity index (χ0) is 21.2. The van der Waals surface area contributed by atoms with Crippen molar-refractivity contribution in [3.63, 3.8) is 0 Å². The van der Waals surface area contributed by atoms with Crippen LogP contribution in [0.5, 0.6) is 0 Å². The Hall–Kier alpha value is -2.63. The number of hydrogen-bond donors (Lipinski definition) is 3. The summed E-state index contributed by atoms with van der Waals surface area (Å²) in [6.45, 7) is 2.12. The Morgan fingerprint density at radius 3 is 2.55 bits per heavy atom. The van der Waals surface area contributed by atoms with E-state index in [1.165, 1.54) is 29.7 Å². The Kier molecular flexibility index (Phi) is 6.10. The van der Waals surface area contributed by atoms with E-state index in [0.717, 1.165) is 22.9 Å². The fraction of sp³-hybridized carbons (Fsp3) is 0.278. The van der Waals surface area contributed by atoms with Crippen molar-refractivity contribution in [3.8, 4) is 0 Å². The lowest BCUT2D eigenvalue weighted by Gasteiger charge is -2.19. The highest BCUT2D eigenvalue weighted by atomic mass is 32.3. The molecule has 154 valence electrons. The molecule has 3 rings (SSSR count). The molecule has 11 heteroatoms. The minimum Gasteiger partial charge on any atom is -0.369 e. The standard InChI is InChI=1S/C18H21N5O4S2/c1-11-3-5-12(6-4-11)10-23(2)29(26,27)15-9-13(16(19)24)18(28-15)21-17(25)14-7-8-20-22-14/h3-9,13,18H,10H2,1-2H3,(H2,19,24)(H,20,22)(H,21,25). The number of aromatic nitrogens is 2. The van der Waals surface area contributed by atoms with E-state index in [1.54, 1.807) is 0 Å². The molecule has 0 bridgehead atoms. The van der Waals surface area contributed by atoms with Crippen LogP contribution in [0.15, 0.2) is 46.8 Å². The lowest BCUT2D eigenvalue weighted by atomic mass is 10.1. The molecule has 1 aromatic heterocycles. The number of benzene rings is 1. The first-order chi connectivity index (χ1) is 13.7. The van der Waals surface area contributed by atoms with Gasteiger partial charge in [-0.1, -0.05) is 41.6 Å². The zero-order valence-corrected chi connectivity index (χ0v) is 17.5.